The molecule has 3 atom stereocenters. The summed E-state index contributed by atoms with van der Waals surface area (Å²) in [6.07, 6.45) is 8.07. The lowest BCUT2D eigenvalue weighted by Gasteiger charge is -2.22. The molecule has 0 spiro atoms. The van der Waals surface area contributed by atoms with Crippen LogP contribution >= 0.6 is 11.8 Å². The lowest BCUT2D eigenvalue weighted by molar-refractivity contribution is 0.100. The Morgan fingerprint density at radius 1 is 1.44 bits per heavy atom. The highest BCUT2D eigenvalue weighted by Gasteiger charge is 2.24. The van der Waals surface area contributed by atoms with Crippen LogP contribution in [0.3, 0.4) is 0 Å². The Kier molecular flexibility index (Phi) is 5.42. The summed E-state index contributed by atoms with van der Waals surface area (Å²) in [5, 5.41) is 0. The molecule has 0 aromatic carbocycles. The standard InChI is InChI=1S/C12H24N2OS/c13-14-12(10-6-8-16-9-10)5-1-3-11-4-2-7-15-11/h10-12,14H,1-9,13H2. The van der Waals surface area contributed by atoms with Gasteiger partial charge in [0, 0.05) is 12.6 Å². The predicted molar refractivity (Wildman–Crippen MR) is 69.4 cm³/mol. The van der Waals surface area contributed by atoms with E-state index >= 15 is 0 Å². The molecule has 0 aliphatic carbocycles. The van der Waals surface area contributed by atoms with Crippen molar-refractivity contribution in [1.29, 1.82) is 0 Å². The third-order valence-electron chi connectivity index (χ3n) is 3.81. The lowest BCUT2D eigenvalue weighted by Crippen LogP contribution is -2.41. The molecule has 0 bridgehead atoms. The highest BCUT2D eigenvalue weighted by atomic mass is 32.2. The van der Waals surface area contributed by atoms with Gasteiger partial charge in [0.1, 0.15) is 0 Å². The van der Waals surface area contributed by atoms with Crippen LogP contribution in [-0.4, -0.2) is 30.3 Å². The summed E-state index contributed by atoms with van der Waals surface area (Å²) >= 11 is 2.06. The summed E-state index contributed by atoms with van der Waals surface area (Å²) in [6, 6.07) is 0.524. The third-order valence-corrected chi connectivity index (χ3v) is 5.00. The second-order valence-electron chi connectivity index (χ2n) is 4.96. The highest BCUT2D eigenvalue weighted by molar-refractivity contribution is 7.99. The summed E-state index contributed by atoms with van der Waals surface area (Å²) in [5.74, 6) is 9.05. The first-order chi connectivity index (χ1) is 7.90. The highest BCUT2D eigenvalue weighted by Crippen LogP contribution is 2.28. The Bertz CT molecular complexity index is 191. The van der Waals surface area contributed by atoms with Gasteiger partial charge in [-0.2, -0.15) is 11.8 Å². The second kappa shape index (κ2) is 6.84. The molecule has 0 amide bonds. The molecular formula is C12H24N2OS. The summed E-state index contributed by atoms with van der Waals surface area (Å²) in [6.45, 7) is 0.975. The van der Waals surface area contributed by atoms with Crippen molar-refractivity contribution in [2.24, 2.45) is 11.8 Å². The van der Waals surface area contributed by atoms with Crippen LogP contribution in [0, 0.1) is 5.92 Å². The van der Waals surface area contributed by atoms with Gasteiger partial charge in [0.05, 0.1) is 6.10 Å². The van der Waals surface area contributed by atoms with Gasteiger partial charge >= 0.3 is 0 Å². The maximum absolute atomic E-state index is 5.66. The Morgan fingerprint density at radius 2 is 2.38 bits per heavy atom. The normalized spacial score (nSPS) is 32.1. The number of nitrogens with two attached hydrogens (primary N) is 1. The maximum atomic E-state index is 5.66. The molecule has 0 aromatic heterocycles. The average Bonchev–Trinajstić information content (AvgIpc) is 2.96. The van der Waals surface area contributed by atoms with Crippen LogP contribution in [0.15, 0.2) is 0 Å². The van der Waals surface area contributed by atoms with Gasteiger partial charge in [-0.1, -0.05) is 0 Å². The van der Waals surface area contributed by atoms with Crippen LogP contribution in [-0.2, 0) is 4.74 Å². The molecule has 2 fully saturated rings. The Balaban J connectivity index is 1.62. The average molecular weight is 244 g/mol. The van der Waals surface area contributed by atoms with Gasteiger partial charge in [0.25, 0.3) is 0 Å². The van der Waals surface area contributed by atoms with Gasteiger partial charge in [-0.3, -0.25) is 11.3 Å². The van der Waals surface area contributed by atoms with E-state index in [1.807, 2.05) is 0 Å². The number of hydrazine groups is 1. The second-order valence-corrected chi connectivity index (χ2v) is 6.11. The fourth-order valence-electron chi connectivity index (χ4n) is 2.76. The van der Waals surface area contributed by atoms with Crippen molar-refractivity contribution >= 4 is 11.8 Å². The zero-order chi connectivity index (χ0) is 11.2. The van der Waals surface area contributed by atoms with Crippen LogP contribution in [0.25, 0.3) is 0 Å². The van der Waals surface area contributed by atoms with Crippen molar-refractivity contribution in [3.8, 4) is 0 Å². The van der Waals surface area contributed by atoms with Crippen molar-refractivity contribution in [2.45, 2.75) is 50.7 Å². The number of rotatable bonds is 6. The molecule has 3 N–H and O–H groups in total. The predicted octanol–water partition coefficient (Wildman–Crippen LogP) is 1.92. The van der Waals surface area contributed by atoms with Gasteiger partial charge in [0.15, 0.2) is 0 Å². The topological polar surface area (TPSA) is 47.3 Å². The van der Waals surface area contributed by atoms with Crippen LogP contribution in [0.4, 0.5) is 0 Å². The van der Waals surface area contributed by atoms with E-state index in [-0.39, 0.29) is 0 Å². The van der Waals surface area contributed by atoms with E-state index in [2.05, 4.69) is 17.2 Å². The molecule has 2 aliphatic heterocycles. The Hall–Kier alpha value is 0.230. The van der Waals surface area contributed by atoms with E-state index in [1.54, 1.807) is 0 Å². The Labute approximate surface area is 103 Å². The summed E-state index contributed by atoms with van der Waals surface area (Å²) in [5.41, 5.74) is 3.02. The lowest BCUT2D eigenvalue weighted by atomic mass is 9.94. The molecule has 0 radical (unpaired) electrons. The Morgan fingerprint density at radius 3 is 3.00 bits per heavy atom. The molecule has 94 valence electrons. The van der Waals surface area contributed by atoms with Gasteiger partial charge in [-0.25, -0.2) is 0 Å². The molecule has 0 saturated carbocycles. The number of thioether (sulfide) groups is 1. The van der Waals surface area contributed by atoms with Crippen molar-refractivity contribution in [3.63, 3.8) is 0 Å². The smallest absolute Gasteiger partial charge is 0.0576 e. The molecular weight excluding hydrogens is 220 g/mol. The molecule has 2 saturated heterocycles. The van der Waals surface area contributed by atoms with Crippen LogP contribution in [0.1, 0.15) is 38.5 Å². The molecule has 3 nitrogen and oxygen atoms in total. The van der Waals surface area contributed by atoms with E-state index in [0.717, 1.165) is 12.5 Å². The molecule has 2 heterocycles. The summed E-state index contributed by atoms with van der Waals surface area (Å²) in [7, 11) is 0. The van der Waals surface area contributed by atoms with E-state index < -0.39 is 0 Å². The first-order valence-electron chi connectivity index (χ1n) is 6.55. The molecule has 2 rings (SSSR count). The minimum absolute atomic E-state index is 0.524. The van der Waals surface area contributed by atoms with Gasteiger partial charge in [0.2, 0.25) is 0 Å². The number of ether oxygens (including phenoxy) is 1. The molecule has 2 aliphatic rings. The molecule has 3 unspecified atom stereocenters. The monoisotopic (exact) mass is 244 g/mol. The van der Waals surface area contributed by atoms with Gasteiger partial charge in [-0.05, 0) is 55.9 Å². The van der Waals surface area contributed by atoms with E-state index in [9.17, 15) is 0 Å². The fourth-order valence-corrected chi connectivity index (χ4v) is 4.10. The number of hydrogen-bond acceptors (Lipinski definition) is 4. The summed E-state index contributed by atoms with van der Waals surface area (Å²) in [4.78, 5) is 0. The van der Waals surface area contributed by atoms with Crippen molar-refractivity contribution in [3.05, 3.63) is 0 Å². The van der Waals surface area contributed by atoms with Crippen molar-refractivity contribution in [1.82, 2.24) is 5.43 Å². The minimum atomic E-state index is 0.524. The van der Waals surface area contributed by atoms with Gasteiger partial charge in [-0.15, -0.1) is 0 Å². The maximum Gasteiger partial charge on any atom is 0.0576 e. The zero-order valence-corrected chi connectivity index (χ0v) is 10.8. The zero-order valence-electron chi connectivity index (χ0n) is 9.99. The molecule has 16 heavy (non-hydrogen) atoms. The van der Waals surface area contributed by atoms with Gasteiger partial charge < -0.3 is 4.74 Å². The van der Waals surface area contributed by atoms with Crippen LogP contribution in [0.5, 0.6) is 0 Å². The first kappa shape index (κ1) is 12.7. The van der Waals surface area contributed by atoms with Crippen LogP contribution < -0.4 is 11.3 Å². The quantitative estimate of drug-likeness (QED) is 0.553. The first-order valence-corrected chi connectivity index (χ1v) is 7.71. The molecule has 0 aromatic rings. The molecule has 4 heteroatoms. The van der Waals surface area contributed by atoms with Crippen molar-refractivity contribution < 1.29 is 4.74 Å². The SMILES string of the molecule is NNC(CCCC1CCCO1)C1CCSC1. The summed E-state index contributed by atoms with van der Waals surface area (Å²) < 4.78 is 5.64. The number of hydrogen-bond donors (Lipinski definition) is 2. The van der Waals surface area contributed by atoms with E-state index in [1.165, 1.54) is 50.0 Å². The van der Waals surface area contributed by atoms with E-state index in [0.29, 0.717) is 12.1 Å². The van der Waals surface area contributed by atoms with Crippen molar-refractivity contribution in [2.75, 3.05) is 18.1 Å². The third kappa shape index (κ3) is 3.62. The largest absolute Gasteiger partial charge is 0.378 e. The van der Waals surface area contributed by atoms with E-state index in [4.69, 9.17) is 10.6 Å². The minimum Gasteiger partial charge on any atom is -0.378 e. The van der Waals surface area contributed by atoms with Crippen LogP contribution in [0.2, 0.25) is 0 Å². The number of nitrogens with one attached hydrogen (secondary N) is 1. The fraction of sp³-hybridized carbons (Fsp3) is 1.00.